The Bertz CT molecular complexity index is 994. The Hall–Kier alpha value is -2.82. The van der Waals surface area contributed by atoms with Crippen LogP contribution in [-0.4, -0.2) is 31.6 Å². The van der Waals surface area contributed by atoms with Crippen LogP contribution in [0.25, 0.3) is 0 Å². The van der Waals surface area contributed by atoms with Gasteiger partial charge in [0.15, 0.2) is 0 Å². The molecule has 1 N–H and O–H groups in total. The van der Waals surface area contributed by atoms with Gasteiger partial charge in [0.2, 0.25) is 5.91 Å². The van der Waals surface area contributed by atoms with Crippen LogP contribution in [0.4, 0.5) is 0 Å². The van der Waals surface area contributed by atoms with Gasteiger partial charge >= 0.3 is 5.97 Å². The molecule has 2 aromatic rings. The van der Waals surface area contributed by atoms with Gasteiger partial charge in [-0.3, -0.25) is 4.79 Å². The summed E-state index contributed by atoms with van der Waals surface area (Å²) < 4.78 is 11.1. The lowest BCUT2D eigenvalue weighted by Crippen LogP contribution is -2.47. The van der Waals surface area contributed by atoms with Crippen molar-refractivity contribution in [2.75, 3.05) is 13.7 Å². The van der Waals surface area contributed by atoms with Gasteiger partial charge in [0.05, 0.1) is 13.7 Å². The molecule has 0 spiro atoms. The van der Waals surface area contributed by atoms with Crippen molar-refractivity contribution in [2.24, 2.45) is 17.8 Å². The van der Waals surface area contributed by atoms with E-state index in [-0.39, 0.29) is 11.8 Å². The summed E-state index contributed by atoms with van der Waals surface area (Å²) >= 11 is 0. The van der Waals surface area contributed by atoms with Crippen LogP contribution in [-0.2, 0) is 27.2 Å². The standard InChI is InChI=1S/C34H47NO4/c1-38-34(37)32(24-27-20-22-30(23-21-27)39-25-28-14-7-3-8-15-28)35-33(36)31(29-17-9-4-10-18-29)19-11-16-26-12-5-2-6-13-26/h2,5-6,12-13,20-23,28-29,31-32H,3-4,7-11,14-19,24-25H2,1H3,(H,35,36)/t31-,32-/m0/s1. The highest BCUT2D eigenvalue weighted by atomic mass is 16.5. The number of aryl methyl sites for hydroxylation is 1. The van der Waals surface area contributed by atoms with Crippen molar-refractivity contribution in [1.82, 2.24) is 5.32 Å². The molecular formula is C34H47NO4. The van der Waals surface area contributed by atoms with Gasteiger partial charge in [-0.2, -0.15) is 0 Å². The Morgan fingerprint density at radius 2 is 1.51 bits per heavy atom. The van der Waals surface area contributed by atoms with E-state index in [2.05, 4.69) is 29.6 Å². The average molecular weight is 534 g/mol. The van der Waals surface area contributed by atoms with Crippen LogP contribution in [0.1, 0.15) is 88.2 Å². The van der Waals surface area contributed by atoms with Crippen LogP contribution in [0, 0.1) is 17.8 Å². The highest BCUT2D eigenvalue weighted by Crippen LogP contribution is 2.33. The average Bonchev–Trinajstić information content (AvgIpc) is 2.99. The highest BCUT2D eigenvalue weighted by Gasteiger charge is 2.32. The van der Waals surface area contributed by atoms with Crippen molar-refractivity contribution in [3.63, 3.8) is 0 Å². The van der Waals surface area contributed by atoms with Crippen LogP contribution in [0.15, 0.2) is 54.6 Å². The largest absolute Gasteiger partial charge is 0.493 e. The van der Waals surface area contributed by atoms with Crippen molar-refractivity contribution in [3.8, 4) is 5.75 Å². The quantitative estimate of drug-likeness (QED) is 0.280. The number of esters is 1. The number of ether oxygens (including phenoxy) is 2. The van der Waals surface area contributed by atoms with Gasteiger partial charge in [-0.05, 0) is 80.0 Å². The lowest BCUT2D eigenvalue weighted by Gasteiger charge is -2.30. The van der Waals surface area contributed by atoms with Crippen LogP contribution >= 0.6 is 0 Å². The first-order valence-electron chi connectivity index (χ1n) is 15.3. The summed E-state index contributed by atoms with van der Waals surface area (Å²) in [7, 11) is 1.39. The second-order valence-corrected chi connectivity index (χ2v) is 11.6. The summed E-state index contributed by atoms with van der Waals surface area (Å²) in [5, 5.41) is 3.10. The van der Waals surface area contributed by atoms with E-state index in [9.17, 15) is 9.59 Å². The molecule has 0 bridgehead atoms. The zero-order valence-corrected chi connectivity index (χ0v) is 23.7. The molecule has 0 aliphatic heterocycles. The summed E-state index contributed by atoms with van der Waals surface area (Å²) in [5.41, 5.74) is 2.29. The van der Waals surface area contributed by atoms with E-state index in [0.29, 0.717) is 18.3 Å². The predicted molar refractivity (Wildman–Crippen MR) is 156 cm³/mol. The molecule has 0 aromatic heterocycles. The molecular weight excluding hydrogens is 486 g/mol. The Kier molecular flexibility index (Phi) is 11.7. The van der Waals surface area contributed by atoms with Gasteiger partial charge in [-0.1, -0.05) is 81.0 Å². The highest BCUT2D eigenvalue weighted by molar-refractivity contribution is 5.86. The maximum Gasteiger partial charge on any atom is 0.328 e. The number of amides is 1. The summed E-state index contributed by atoms with van der Waals surface area (Å²) in [6, 6.07) is 17.7. The van der Waals surface area contributed by atoms with Gasteiger partial charge in [-0.15, -0.1) is 0 Å². The molecule has 2 aliphatic carbocycles. The van der Waals surface area contributed by atoms with Gasteiger partial charge in [0.25, 0.3) is 0 Å². The minimum atomic E-state index is -0.697. The number of hydrogen-bond donors (Lipinski definition) is 1. The SMILES string of the molecule is COC(=O)[C@H](Cc1ccc(OCC2CCCCC2)cc1)NC(=O)[C@@H](CCCc1ccccc1)C1CCCCC1. The van der Waals surface area contributed by atoms with Crippen LogP contribution in [0.3, 0.4) is 0 Å². The fraction of sp³-hybridized carbons (Fsp3) is 0.588. The third kappa shape index (κ3) is 9.40. The van der Waals surface area contributed by atoms with Crippen LogP contribution < -0.4 is 10.1 Å². The molecule has 0 heterocycles. The lowest BCUT2D eigenvalue weighted by molar-refractivity contribution is -0.146. The van der Waals surface area contributed by atoms with E-state index >= 15 is 0 Å². The first kappa shape index (κ1) is 29.2. The fourth-order valence-corrected chi connectivity index (χ4v) is 6.43. The van der Waals surface area contributed by atoms with Crippen molar-refractivity contribution < 1.29 is 19.1 Å². The smallest absolute Gasteiger partial charge is 0.328 e. The Labute approximate surface area is 235 Å². The molecule has 5 nitrogen and oxygen atoms in total. The third-order valence-electron chi connectivity index (χ3n) is 8.75. The van der Waals surface area contributed by atoms with Crippen molar-refractivity contribution in [2.45, 2.75) is 95.9 Å². The minimum Gasteiger partial charge on any atom is -0.493 e. The minimum absolute atomic E-state index is 0.00204. The number of benzene rings is 2. The van der Waals surface area contributed by atoms with E-state index < -0.39 is 12.0 Å². The molecule has 4 rings (SSSR count). The van der Waals surface area contributed by atoms with Crippen LogP contribution in [0.5, 0.6) is 5.75 Å². The van der Waals surface area contributed by atoms with Crippen molar-refractivity contribution >= 4 is 11.9 Å². The fourth-order valence-electron chi connectivity index (χ4n) is 6.43. The molecule has 0 saturated heterocycles. The summed E-state index contributed by atoms with van der Waals surface area (Å²) in [5.74, 6) is 1.43. The first-order chi connectivity index (χ1) is 19.1. The molecule has 2 fully saturated rings. The van der Waals surface area contributed by atoms with Gasteiger partial charge < -0.3 is 14.8 Å². The van der Waals surface area contributed by atoms with E-state index in [0.717, 1.165) is 50.0 Å². The third-order valence-corrected chi connectivity index (χ3v) is 8.75. The Morgan fingerprint density at radius 1 is 0.846 bits per heavy atom. The second-order valence-electron chi connectivity index (χ2n) is 11.6. The summed E-state index contributed by atoms with van der Waals surface area (Å²) in [6.45, 7) is 0.771. The number of hydrogen-bond acceptors (Lipinski definition) is 4. The van der Waals surface area contributed by atoms with Crippen molar-refractivity contribution in [1.29, 1.82) is 0 Å². The molecule has 39 heavy (non-hydrogen) atoms. The van der Waals surface area contributed by atoms with Gasteiger partial charge in [-0.25, -0.2) is 4.79 Å². The maximum atomic E-state index is 13.7. The lowest BCUT2D eigenvalue weighted by atomic mass is 9.77. The zero-order chi connectivity index (χ0) is 27.3. The molecule has 2 aromatic carbocycles. The van der Waals surface area contributed by atoms with E-state index in [1.165, 1.54) is 64.0 Å². The van der Waals surface area contributed by atoms with E-state index in [1.807, 2.05) is 30.3 Å². The molecule has 0 radical (unpaired) electrons. The van der Waals surface area contributed by atoms with Crippen molar-refractivity contribution in [3.05, 3.63) is 65.7 Å². The second kappa shape index (κ2) is 15.7. The summed E-state index contributed by atoms with van der Waals surface area (Å²) in [6.07, 6.45) is 15.4. The topological polar surface area (TPSA) is 64.6 Å². The normalized spacial score (nSPS) is 18.2. The van der Waals surface area contributed by atoms with Crippen LogP contribution in [0.2, 0.25) is 0 Å². The number of rotatable bonds is 13. The molecule has 212 valence electrons. The number of carbonyl (C=O) groups excluding carboxylic acids is 2. The molecule has 0 unspecified atom stereocenters. The van der Waals surface area contributed by atoms with Gasteiger partial charge in [0.1, 0.15) is 11.8 Å². The molecule has 2 atom stereocenters. The molecule has 1 amide bonds. The monoisotopic (exact) mass is 533 g/mol. The number of carbonyl (C=O) groups is 2. The van der Waals surface area contributed by atoms with E-state index in [1.54, 1.807) is 0 Å². The summed E-state index contributed by atoms with van der Waals surface area (Å²) in [4.78, 5) is 26.4. The number of nitrogens with one attached hydrogen (secondary N) is 1. The van der Waals surface area contributed by atoms with Gasteiger partial charge in [0, 0.05) is 12.3 Å². The van der Waals surface area contributed by atoms with E-state index in [4.69, 9.17) is 9.47 Å². The predicted octanol–water partition coefficient (Wildman–Crippen LogP) is 7.07. The maximum absolute atomic E-state index is 13.7. The molecule has 5 heteroatoms. The Morgan fingerprint density at radius 3 is 2.18 bits per heavy atom. The molecule has 2 saturated carbocycles. The zero-order valence-electron chi connectivity index (χ0n) is 23.7. The first-order valence-corrected chi connectivity index (χ1v) is 15.3. The Balaban J connectivity index is 1.35. The molecule has 2 aliphatic rings. The number of methoxy groups -OCH3 is 1.